The summed E-state index contributed by atoms with van der Waals surface area (Å²) in [5.74, 6) is -3.48. The molecule has 0 aliphatic heterocycles. The molecule has 0 aliphatic rings. The fourth-order valence-electron chi connectivity index (χ4n) is 2.85. The number of rotatable bonds is 6. The minimum atomic E-state index is -1.65. The van der Waals surface area contributed by atoms with Crippen molar-refractivity contribution in [3.63, 3.8) is 0 Å². The van der Waals surface area contributed by atoms with E-state index in [-0.39, 0.29) is 6.54 Å². The van der Waals surface area contributed by atoms with Gasteiger partial charge in [-0.1, -0.05) is 59.6 Å². The molecule has 0 heterocycles. The topological polar surface area (TPSA) is 74.7 Å². The van der Waals surface area contributed by atoms with Crippen LogP contribution in [0.2, 0.25) is 10.0 Å². The van der Waals surface area contributed by atoms with Crippen molar-refractivity contribution in [1.82, 2.24) is 0 Å². The van der Waals surface area contributed by atoms with E-state index < -0.39 is 24.1 Å². The summed E-state index contributed by atoms with van der Waals surface area (Å²) in [4.78, 5) is 36.4. The molecule has 0 atom stereocenters. The van der Waals surface area contributed by atoms with Crippen molar-refractivity contribution in [2.75, 3.05) is 4.90 Å². The molecule has 0 fully saturated rings. The van der Waals surface area contributed by atoms with E-state index in [0.29, 0.717) is 15.7 Å². The van der Waals surface area contributed by atoms with E-state index in [1.165, 1.54) is 23.1 Å². The van der Waals surface area contributed by atoms with E-state index in [1.807, 2.05) is 42.5 Å². The summed E-state index contributed by atoms with van der Waals surface area (Å²) in [7, 11) is 0. The molecule has 7 heteroatoms. The molecule has 0 unspecified atom stereocenters. The van der Waals surface area contributed by atoms with Crippen LogP contribution in [0.1, 0.15) is 12.0 Å². The van der Waals surface area contributed by atoms with Crippen LogP contribution in [0.15, 0.2) is 60.7 Å². The predicted octanol–water partition coefficient (Wildman–Crippen LogP) is 4.72. The number of fused-ring (bicyclic) bond motifs is 1. The van der Waals surface area contributed by atoms with Crippen molar-refractivity contribution in [1.29, 1.82) is 0 Å². The summed E-state index contributed by atoms with van der Waals surface area (Å²) in [6, 6.07) is 18.1. The molecule has 1 amide bonds. The molecule has 0 radical (unpaired) electrons. The molecule has 1 N–H and O–H groups in total. The fourth-order valence-corrected chi connectivity index (χ4v) is 3.36. The lowest BCUT2D eigenvalue weighted by molar-refractivity contribution is -0.150. The van der Waals surface area contributed by atoms with Gasteiger partial charge in [0.2, 0.25) is 11.7 Å². The number of hydrogen-bond acceptors (Lipinski definition) is 3. The molecular weight excluding hydrogens is 401 g/mol. The summed E-state index contributed by atoms with van der Waals surface area (Å²) in [5.41, 5.74) is 1.19. The Kier molecular flexibility index (Phi) is 5.97. The number of hydrogen-bond donors (Lipinski definition) is 1. The normalized spacial score (nSPS) is 10.6. The average molecular weight is 416 g/mol. The molecule has 0 aromatic heterocycles. The summed E-state index contributed by atoms with van der Waals surface area (Å²) < 4.78 is 0. The Hall–Kier alpha value is -2.89. The zero-order valence-electron chi connectivity index (χ0n) is 14.6. The first kappa shape index (κ1) is 19.9. The van der Waals surface area contributed by atoms with Gasteiger partial charge in [-0.3, -0.25) is 9.59 Å². The third kappa shape index (κ3) is 4.68. The van der Waals surface area contributed by atoms with Crippen LogP contribution in [0.4, 0.5) is 5.69 Å². The fraction of sp³-hybridized carbons (Fsp3) is 0.0952. The van der Waals surface area contributed by atoms with Crippen LogP contribution in [0.25, 0.3) is 10.8 Å². The van der Waals surface area contributed by atoms with Gasteiger partial charge in [-0.05, 0) is 40.6 Å². The Morgan fingerprint density at radius 1 is 0.857 bits per heavy atom. The molecule has 0 aliphatic carbocycles. The summed E-state index contributed by atoms with van der Waals surface area (Å²) >= 11 is 12.1. The summed E-state index contributed by atoms with van der Waals surface area (Å²) in [6.07, 6.45) is -0.757. The Morgan fingerprint density at radius 2 is 1.50 bits per heavy atom. The maximum atomic E-state index is 12.7. The Morgan fingerprint density at radius 3 is 2.14 bits per heavy atom. The molecule has 142 valence electrons. The van der Waals surface area contributed by atoms with Crippen LogP contribution in [0.3, 0.4) is 0 Å². The second kappa shape index (κ2) is 8.42. The first-order valence-corrected chi connectivity index (χ1v) is 9.09. The average Bonchev–Trinajstić information content (AvgIpc) is 2.64. The number of halogens is 2. The van der Waals surface area contributed by atoms with Gasteiger partial charge < -0.3 is 10.0 Å². The minimum absolute atomic E-state index is 0.132. The largest absolute Gasteiger partial charge is 0.475 e. The molecule has 0 saturated carbocycles. The molecule has 3 rings (SSSR count). The second-order valence-electron chi connectivity index (χ2n) is 6.19. The first-order chi connectivity index (χ1) is 13.3. The highest BCUT2D eigenvalue weighted by Crippen LogP contribution is 2.28. The number of amides is 1. The third-order valence-corrected chi connectivity index (χ3v) is 4.60. The van der Waals surface area contributed by atoms with Gasteiger partial charge in [0, 0.05) is 15.7 Å². The van der Waals surface area contributed by atoms with Crippen molar-refractivity contribution in [3.8, 4) is 0 Å². The van der Waals surface area contributed by atoms with Crippen LogP contribution in [-0.4, -0.2) is 22.8 Å². The Balaban J connectivity index is 1.97. The van der Waals surface area contributed by atoms with Gasteiger partial charge in [0.15, 0.2) is 0 Å². The number of aliphatic carboxylic acids is 1. The Bertz CT molecular complexity index is 1060. The van der Waals surface area contributed by atoms with Crippen LogP contribution in [0.5, 0.6) is 0 Å². The number of anilines is 1. The van der Waals surface area contributed by atoms with Crippen LogP contribution in [-0.2, 0) is 20.9 Å². The standard InChI is InChI=1S/C21H15Cl2NO4/c22-16-8-17(23)10-18(9-16)24(20(26)11-19(25)21(27)28)12-13-5-6-14-3-1-2-4-15(14)7-13/h1-10H,11-12H2,(H,27,28). The summed E-state index contributed by atoms with van der Waals surface area (Å²) in [6.45, 7) is 0.132. The number of nitrogens with zero attached hydrogens (tertiary/aromatic N) is 1. The van der Waals surface area contributed by atoms with Crippen molar-refractivity contribution >= 4 is 57.3 Å². The van der Waals surface area contributed by atoms with E-state index in [2.05, 4.69) is 0 Å². The maximum absolute atomic E-state index is 12.7. The lowest BCUT2D eigenvalue weighted by Crippen LogP contribution is -2.33. The van der Waals surface area contributed by atoms with Gasteiger partial charge in [-0.25, -0.2) is 4.79 Å². The third-order valence-electron chi connectivity index (χ3n) is 4.16. The van der Waals surface area contributed by atoms with Gasteiger partial charge in [0.1, 0.15) is 0 Å². The van der Waals surface area contributed by atoms with E-state index in [1.54, 1.807) is 0 Å². The highest BCUT2D eigenvalue weighted by atomic mass is 35.5. The number of carboxylic acids is 1. The number of carbonyl (C=O) groups excluding carboxylic acids is 2. The van der Waals surface area contributed by atoms with Crippen LogP contribution >= 0.6 is 23.2 Å². The smallest absolute Gasteiger partial charge is 0.372 e. The highest BCUT2D eigenvalue weighted by Gasteiger charge is 2.23. The monoisotopic (exact) mass is 415 g/mol. The molecule has 28 heavy (non-hydrogen) atoms. The van der Waals surface area contributed by atoms with Gasteiger partial charge in [-0.2, -0.15) is 0 Å². The van der Waals surface area contributed by atoms with E-state index in [0.717, 1.165) is 16.3 Å². The second-order valence-corrected chi connectivity index (χ2v) is 7.07. The molecular formula is C21H15Cl2NO4. The van der Waals surface area contributed by atoms with Crippen molar-refractivity contribution < 1.29 is 19.5 Å². The van der Waals surface area contributed by atoms with E-state index in [4.69, 9.17) is 28.3 Å². The van der Waals surface area contributed by atoms with Gasteiger partial charge in [-0.15, -0.1) is 0 Å². The zero-order valence-corrected chi connectivity index (χ0v) is 16.1. The number of carboxylic acid groups (broad SMARTS) is 1. The Labute approximate surface area is 171 Å². The predicted molar refractivity (Wildman–Crippen MR) is 109 cm³/mol. The lowest BCUT2D eigenvalue weighted by Gasteiger charge is -2.23. The van der Waals surface area contributed by atoms with E-state index >= 15 is 0 Å². The van der Waals surface area contributed by atoms with Gasteiger partial charge >= 0.3 is 5.97 Å². The van der Waals surface area contributed by atoms with Gasteiger partial charge in [0.05, 0.1) is 13.0 Å². The number of ketones is 1. The number of carbonyl (C=O) groups is 3. The minimum Gasteiger partial charge on any atom is -0.475 e. The van der Waals surface area contributed by atoms with E-state index in [9.17, 15) is 14.4 Å². The highest BCUT2D eigenvalue weighted by molar-refractivity contribution is 6.37. The molecule has 0 spiro atoms. The van der Waals surface area contributed by atoms with Crippen molar-refractivity contribution in [2.24, 2.45) is 0 Å². The van der Waals surface area contributed by atoms with Crippen molar-refractivity contribution in [3.05, 3.63) is 76.3 Å². The molecule has 0 saturated heterocycles. The molecule has 3 aromatic rings. The number of Topliss-reactive ketones (excluding diaryl/α,β-unsaturated/α-hetero) is 1. The summed E-state index contributed by atoms with van der Waals surface area (Å²) in [5, 5.41) is 11.5. The quantitative estimate of drug-likeness (QED) is 0.466. The number of benzene rings is 3. The van der Waals surface area contributed by atoms with Crippen LogP contribution < -0.4 is 4.90 Å². The molecule has 3 aromatic carbocycles. The van der Waals surface area contributed by atoms with Crippen LogP contribution in [0, 0.1) is 0 Å². The maximum Gasteiger partial charge on any atom is 0.372 e. The van der Waals surface area contributed by atoms with Crippen molar-refractivity contribution in [2.45, 2.75) is 13.0 Å². The SMILES string of the molecule is O=C(O)C(=O)CC(=O)N(Cc1ccc2ccccc2c1)c1cc(Cl)cc(Cl)c1. The molecule has 5 nitrogen and oxygen atoms in total. The zero-order chi connectivity index (χ0) is 20.3. The first-order valence-electron chi connectivity index (χ1n) is 8.34. The molecule has 0 bridgehead atoms. The van der Waals surface area contributed by atoms with Gasteiger partial charge in [0.25, 0.3) is 0 Å². The lowest BCUT2D eigenvalue weighted by atomic mass is 10.1.